The molecule has 3 aromatic rings. The van der Waals surface area contributed by atoms with E-state index in [9.17, 15) is 14.9 Å². The van der Waals surface area contributed by atoms with Gasteiger partial charge in [0.15, 0.2) is 0 Å². The molecule has 0 aliphatic rings. The van der Waals surface area contributed by atoms with E-state index in [2.05, 4.69) is 15.3 Å². The molecular formula is C19H18N4O4. The highest BCUT2D eigenvalue weighted by molar-refractivity contribution is 5.68. The van der Waals surface area contributed by atoms with Crippen LogP contribution in [-0.2, 0) is 11.3 Å². The molecule has 3 rings (SSSR count). The van der Waals surface area contributed by atoms with Crippen molar-refractivity contribution in [3.8, 4) is 11.4 Å². The Hall–Kier alpha value is -3.68. The summed E-state index contributed by atoms with van der Waals surface area (Å²) in [6, 6.07) is 15.1. The molecule has 0 saturated heterocycles. The van der Waals surface area contributed by atoms with E-state index in [0.29, 0.717) is 17.1 Å². The van der Waals surface area contributed by atoms with Crippen molar-refractivity contribution in [1.82, 2.24) is 15.3 Å². The number of nitrogens with one attached hydrogen (secondary N) is 2. The van der Waals surface area contributed by atoms with E-state index >= 15 is 0 Å². The lowest BCUT2D eigenvalue weighted by molar-refractivity contribution is -0.384. The van der Waals surface area contributed by atoms with Gasteiger partial charge >= 0.3 is 6.09 Å². The summed E-state index contributed by atoms with van der Waals surface area (Å²) < 4.78 is 5.20. The Bertz CT molecular complexity index is 922. The van der Waals surface area contributed by atoms with Gasteiger partial charge in [-0.1, -0.05) is 30.3 Å². The van der Waals surface area contributed by atoms with E-state index in [1.807, 2.05) is 30.3 Å². The van der Waals surface area contributed by atoms with E-state index in [1.54, 1.807) is 25.3 Å². The fourth-order valence-electron chi connectivity index (χ4n) is 2.46. The van der Waals surface area contributed by atoms with Crippen molar-refractivity contribution in [3.05, 3.63) is 82.2 Å². The molecule has 0 radical (unpaired) electrons. The van der Waals surface area contributed by atoms with Crippen molar-refractivity contribution in [2.75, 3.05) is 0 Å². The molecule has 0 aliphatic heterocycles. The van der Waals surface area contributed by atoms with Crippen molar-refractivity contribution in [1.29, 1.82) is 0 Å². The zero-order valence-electron chi connectivity index (χ0n) is 14.6. The third-order valence-corrected chi connectivity index (χ3v) is 3.96. The van der Waals surface area contributed by atoms with E-state index in [-0.39, 0.29) is 18.3 Å². The zero-order chi connectivity index (χ0) is 19.2. The summed E-state index contributed by atoms with van der Waals surface area (Å²) >= 11 is 0. The first-order valence-electron chi connectivity index (χ1n) is 8.30. The fourth-order valence-corrected chi connectivity index (χ4v) is 2.46. The predicted octanol–water partition coefficient (Wildman–Crippen LogP) is 3.97. The van der Waals surface area contributed by atoms with E-state index in [4.69, 9.17) is 4.74 Å². The van der Waals surface area contributed by atoms with Crippen molar-refractivity contribution in [2.24, 2.45) is 0 Å². The van der Waals surface area contributed by atoms with Crippen LogP contribution < -0.4 is 5.32 Å². The maximum atomic E-state index is 11.9. The van der Waals surface area contributed by atoms with Crippen LogP contribution in [0.15, 0.2) is 60.8 Å². The SMILES string of the molecule is C[C@H](NC(=O)OCc1ccccc1)c1cnc(-c2ccc([N+](=O)[O-])cc2)[nH]1. The number of non-ortho nitro benzene ring substituents is 1. The molecule has 138 valence electrons. The Morgan fingerprint density at radius 3 is 2.59 bits per heavy atom. The van der Waals surface area contributed by atoms with Crippen molar-refractivity contribution >= 4 is 11.8 Å². The summed E-state index contributed by atoms with van der Waals surface area (Å²) in [4.78, 5) is 29.6. The molecule has 27 heavy (non-hydrogen) atoms. The highest BCUT2D eigenvalue weighted by Gasteiger charge is 2.14. The zero-order valence-corrected chi connectivity index (χ0v) is 14.6. The number of alkyl carbamates (subject to hydrolysis) is 1. The minimum Gasteiger partial charge on any atom is -0.445 e. The lowest BCUT2D eigenvalue weighted by atomic mass is 10.2. The second-order valence-corrected chi connectivity index (χ2v) is 5.92. The number of imidazole rings is 1. The van der Waals surface area contributed by atoms with Crippen molar-refractivity contribution < 1.29 is 14.5 Å². The van der Waals surface area contributed by atoms with Gasteiger partial charge in [0.05, 0.1) is 22.9 Å². The molecular weight excluding hydrogens is 348 g/mol. The lowest BCUT2D eigenvalue weighted by Crippen LogP contribution is -2.27. The second kappa shape index (κ2) is 8.13. The van der Waals surface area contributed by atoms with Gasteiger partial charge in [-0.2, -0.15) is 0 Å². The summed E-state index contributed by atoms with van der Waals surface area (Å²) in [5.74, 6) is 0.561. The predicted molar refractivity (Wildman–Crippen MR) is 98.9 cm³/mol. The molecule has 1 atom stereocenters. The Balaban J connectivity index is 1.58. The molecule has 2 aromatic carbocycles. The number of carbonyl (C=O) groups excluding carboxylic acids is 1. The molecule has 8 heteroatoms. The molecule has 0 spiro atoms. The Labute approximate surface area is 155 Å². The van der Waals surface area contributed by atoms with Gasteiger partial charge in [0.2, 0.25) is 0 Å². The number of rotatable bonds is 6. The number of nitrogens with zero attached hydrogens (tertiary/aromatic N) is 2. The van der Waals surface area contributed by atoms with E-state index in [1.165, 1.54) is 12.1 Å². The average molecular weight is 366 g/mol. The number of nitro benzene ring substituents is 1. The minimum absolute atomic E-state index is 0.0155. The van der Waals surface area contributed by atoms with Crippen LogP contribution in [0.2, 0.25) is 0 Å². The number of H-pyrrole nitrogens is 1. The number of aromatic amines is 1. The first-order chi connectivity index (χ1) is 13.0. The van der Waals surface area contributed by atoms with Crippen LogP contribution in [0.25, 0.3) is 11.4 Å². The second-order valence-electron chi connectivity index (χ2n) is 5.92. The summed E-state index contributed by atoms with van der Waals surface area (Å²) in [7, 11) is 0. The Kier molecular flexibility index (Phi) is 5.46. The fraction of sp³-hybridized carbons (Fsp3) is 0.158. The van der Waals surface area contributed by atoms with E-state index in [0.717, 1.165) is 5.56 Å². The van der Waals surface area contributed by atoms with Gasteiger partial charge < -0.3 is 15.0 Å². The standard InChI is InChI=1S/C19H18N4O4/c1-13(21-19(24)27-12-14-5-3-2-4-6-14)17-11-20-18(22-17)15-7-9-16(10-8-15)23(25)26/h2-11,13H,12H2,1H3,(H,20,22)(H,21,24)/t13-/m0/s1. The van der Waals surface area contributed by atoms with Gasteiger partial charge in [0, 0.05) is 17.7 Å². The first kappa shape index (κ1) is 18.1. The van der Waals surface area contributed by atoms with Crippen LogP contribution in [0, 0.1) is 10.1 Å². The third-order valence-electron chi connectivity index (χ3n) is 3.96. The number of carbonyl (C=O) groups is 1. The van der Waals surface area contributed by atoms with Gasteiger partial charge in [-0.25, -0.2) is 9.78 Å². The summed E-state index contributed by atoms with van der Waals surface area (Å²) in [6.07, 6.45) is 1.08. The smallest absolute Gasteiger partial charge is 0.407 e. The highest BCUT2D eigenvalue weighted by Crippen LogP contribution is 2.21. The van der Waals surface area contributed by atoms with Crippen LogP contribution in [-0.4, -0.2) is 21.0 Å². The number of aromatic nitrogens is 2. The molecule has 8 nitrogen and oxygen atoms in total. The van der Waals surface area contributed by atoms with Crippen molar-refractivity contribution in [2.45, 2.75) is 19.6 Å². The van der Waals surface area contributed by atoms with Crippen LogP contribution in [0.5, 0.6) is 0 Å². The quantitative estimate of drug-likeness (QED) is 0.506. The molecule has 1 heterocycles. The first-order valence-corrected chi connectivity index (χ1v) is 8.30. The maximum absolute atomic E-state index is 11.9. The van der Waals surface area contributed by atoms with Crippen LogP contribution in [0.4, 0.5) is 10.5 Å². The van der Waals surface area contributed by atoms with Crippen LogP contribution >= 0.6 is 0 Å². The minimum atomic E-state index is -0.530. The summed E-state index contributed by atoms with van der Waals surface area (Å²) in [5, 5.41) is 13.5. The number of hydrogen-bond donors (Lipinski definition) is 2. The normalized spacial score (nSPS) is 11.6. The summed E-state index contributed by atoms with van der Waals surface area (Å²) in [5.41, 5.74) is 2.33. The van der Waals surface area contributed by atoms with Crippen molar-refractivity contribution in [3.63, 3.8) is 0 Å². The number of amides is 1. The number of benzene rings is 2. The molecule has 0 aliphatic carbocycles. The van der Waals surface area contributed by atoms with E-state index < -0.39 is 11.0 Å². The topological polar surface area (TPSA) is 110 Å². The average Bonchev–Trinajstić information content (AvgIpc) is 3.18. The number of nitro groups is 1. The van der Waals surface area contributed by atoms with Crippen LogP contribution in [0.3, 0.4) is 0 Å². The van der Waals surface area contributed by atoms with Crippen LogP contribution in [0.1, 0.15) is 24.2 Å². The molecule has 0 bridgehead atoms. The van der Waals surface area contributed by atoms with Gasteiger partial charge in [-0.3, -0.25) is 10.1 Å². The molecule has 1 amide bonds. The van der Waals surface area contributed by atoms with Gasteiger partial charge in [0.25, 0.3) is 5.69 Å². The molecule has 0 unspecified atom stereocenters. The molecule has 1 aromatic heterocycles. The number of hydrogen-bond acceptors (Lipinski definition) is 5. The Morgan fingerprint density at radius 2 is 1.93 bits per heavy atom. The Morgan fingerprint density at radius 1 is 1.22 bits per heavy atom. The largest absolute Gasteiger partial charge is 0.445 e. The molecule has 0 saturated carbocycles. The molecule has 0 fully saturated rings. The van der Waals surface area contributed by atoms with Gasteiger partial charge in [-0.05, 0) is 24.6 Å². The van der Waals surface area contributed by atoms with Gasteiger partial charge in [-0.15, -0.1) is 0 Å². The monoisotopic (exact) mass is 366 g/mol. The number of ether oxygens (including phenoxy) is 1. The summed E-state index contributed by atoms with van der Waals surface area (Å²) in [6.45, 7) is 1.99. The lowest BCUT2D eigenvalue weighted by Gasteiger charge is -2.12. The maximum Gasteiger partial charge on any atom is 0.407 e. The molecule has 2 N–H and O–H groups in total. The van der Waals surface area contributed by atoms with Gasteiger partial charge in [0.1, 0.15) is 12.4 Å². The highest BCUT2D eigenvalue weighted by atomic mass is 16.6. The third kappa shape index (κ3) is 4.69.